The summed E-state index contributed by atoms with van der Waals surface area (Å²) in [5, 5.41) is 0.528. The van der Waals surface area contributed by atoms with Gasteiger partial charge in [-0.3, -0.25) is 0 Å². The second kappa shape index (κ2) is 5.30. The lowest BCUT2D eigenvalue weighted by Crippen LogP contribution is -2.26. The van der Waals surface area contributed by atoms with Gasteiger partial charge in [-0.1, -0.05) is 37.3 Å². The molecule has 2 heteroatoms. The maximum Gasteiger partial charge on any atom is 0.0187 e. The minimum absolute atomic E-state index is 0.272. The van der Waals surface area contributed by atoms with Gasteiger partial charge in [-0.25, -0.2) is 0 Å². The van der Waals surface area contributed by atoms with E-state index in [9.17, 15) is 0 Å². The van der Waals surface area contributed by atoms with Gasteiger partial charge in [-0.2, -0.15) is 11.8 Å². The molecule has 0 aliphatic carbocycles. The Morgan fingerprint density at radius 2 is 1.85 bits per heavy atom. The number of hydrogen-bond acceptors (Lipinski definition) is 2. The number of nitrogens with two attached hydrogens (primary N) is 1. The van der Waals surface area contributed by atoms with E-state index in [1.54, 1.807) is 0 Å². The van der Waals surface area contributed by atoms with E-state index in [1.165, 1.54) is 5.56 Å². The molecule has 0 aliphatic rings. The lowest BCUT2D eigenvalue weighted by molar-refractivity contribution is 0.730. The first-order valence-electron chi connectivity index (χ1n) is 4.61. The molecule has 0 radical (unpaired) electrons. The largest absolute Gasteiger partial charge is 0.327 e. The smallest absolute Gasteiger partial charge is 0.0187 e. The van der Waals surface area contributed by atoms with E-state index < -0.39 is 0 Å². The van der Waals surface area contributed by atoms with Gasteiger partial charge in [0.25, 0.3) is 0 Å². The molecule has 2 unspecified atom stereocenters. The fourth-order valence-electron chi connectivity index (χ4n) is 0.954. The van der Waals surface area contributed by atoms with Gasteiger partial charge >= 0.3 is 0 Å². The predicted molar refractivity (Wildman–Crippen MR) is 60.8 cm³/mol. The summed E-state index contributed by atoms with van der Waals surface area (Å²) >= 11 is 1.91. The lowest BCUT2D eigenvalue weighted by atomic mass is 10.2. The number of thioether (sulfide) groups is 1. The summed E-state index contributed by atoms with van der Waals surface area (Å²) in [6, 6.07) is 10.8. The van der Waals surface area contributed by atoms with Crippen molar-refractivity contribution in [3.05, 3.63) is 35.9 Å². The van der Waals surface area contributed by atoms with Gasteiger partial charge in [0.05, 0.1) is 0 Å². The summed E-state index contributed by atoms with van der Waals surface area (Å²) in [5.41, 5.74) is 7.15. The van der Waals surface area contributed by atoms with Crippen molar-refractivity contribution in [2.45, 2.75) is 30.9 Å². The molecule has 0 aromatic heterocycles. The maximum atomic E-state index is 5.78. The third-order valence-electron chi connectivity index (χ3n) is 2.10. The first kappa shape index (κ1) is 10.6. The van der Waals surface area contributed by atoms with E-state index in [2.05, 4.69) is 38.1 Å². The van der Waals surface area contributed by atoms with E-state index >= 15 is 0 Å². The summed E-state index contributed by atoms with van der Waals surface area (Å²) < 4.78 is 0. The molecule has 0 fully saturated rings. The van der Waals surface area contributed by atoms with E-state index in [0.29, 0.717) is 5.25 Å². The molecule has 0 bridgehead atoms. The molecular formula is C11H17NS. The van der Waals surface area contributed by atoms with Crippen molar-refractivity contribution < 1.29 is 0 Å². The summed E-state index contributed by atoms with van der Waals surface area (Å²) in [5.74, 6) is 1.06. The molecular weight excluding hydrogens is 178 g/mol. The van der Waals surface area contributed by atoms with Crippen molar-refractivity contribution in [2.24, 2.45) is 5.73 Å². The summed E-state index contributed by atoms with van der Waals surface area (Å²) in [4.78, 5) is 0. The highest BCUT2D eigenvalue weighted by atomic mass is 32.2. The molecule has 2 N–H and O–H groups in total. The topological polar surface area (TPSA) is 26.0 Å². The van der Waals surface area contributed by atoms with Crippen LogP contribution in [-0.2, 0) is 5.75 Å². The van der Waals surface area contributed by atoms with Gasteiger partial charge in [0, 0.05) is 17.0 Å². The molecule has 0 heterocycles. The molecule has 0 amide bonds. The zero-order valence-electron chi connectivity index (χ0n) is 8.23. The molecule has 72 valence electrons. The van der Waals surface area contributed by atoms with Crippen molar-refractivity contribution >= 4 is 11.8 Å². The first-order valence-corrected chi connectivity index (χ1v) is 5.66. The van der Waals surface area contributed by atoms with Crippen LogP contribution in [0.2, 0.25) is 0 Å². The highest BCUT2D eigenvalue weighted by molar-refractivity contribution is 7.99. The molecule has 1 aromatic rings. The third-order valence-corrected chi connectivity index (χ3v) is 3.55. The highest BCUT2D eigenvalue weighted by Gasteiger charge is 2.07. The zero-order valence-corrected chi connectivity index (χ0v) is 9.05. The van der Waals surface area contributed by atoms with Crippen LogP contribution in [0.15, 0.2) is 30.3 Å². The van der Waals surface area contributed by atoms with E-state index in [-0.39, 0.29) is 6.04 Å². The fraction of sp³-hybridized carbons (Fsp3) is 0.455. The average Bonchev–Trinajstić information content (AvgIpc) is 2.15. The zero-order chi connectivity index (χ0) is 9.68. The molecule has 0 saturated heterocycles. The Hall–Kier alpha value is -0.470. The van der Waals surface area contributed by atoms with Gasteiger partial charge < -0.3 is 5.73 Å². The Balaban J connectivity index is 2.35. The number of benzene rings is 1. The van der Waals surface area contributed by atoms with Gasteiger partial charge in [0.1, 0.15) is 0 Å². The van der Waals surface area contributed by atoms with Gasteiger partial charge in [-0.05, 0) is 12.5 Å². The summed E-state index contributed by atoms with van der Waals surface area (Å²) in [7, 11) is 0. The fourth-order valence-corrected chi connectivity index (χ4v) is 1.91. The van der Waals surface area contributed by atoms with Crippen LogP contribution in [0.3, 0.4) is 0 Å². The van der Waals surface area contributed by atoms with Crippen LogP contribution in [-0.4, -0.2) is 11.3 Å². The van der Waals surface area contributed by atoms with E-state index in [4.69, 9.17) is 5.73 Å². The lowest BCUT2D eigenvalue weighted by Gasteiger charge is -2.14. The molecule has 1 rings (SSSR count). The van der Waals surface area contributed by atoms with Gasteiger partial charge in [0.2, 0.25) is 0 Å². The Labute approximate surface area is 84.7 Å². The van der Waals surface area contributed by atoms with Gasteiger partial charge in [0.15, 0.2) is 0 Å². The monoisotopic (exact) mass is 195 g/mol. The first-order chi connectivity index (χ1) is 6.20. The van der Waals surface area contributed by atoms with E-state index in [0.717, 1.165) is 5.75 Å². The normalized spacial score (nSPS) is 15.3. The minimum Gasteiger partial charge on any atom is -0.327 e. The average molecular weight is 195 g/mol. The quantitative estimate of drug-likeness (QED) is 0.799. The summed E-state index contributed by atoms with van der Waals surface area (Å²) in [6.07, 6.45) is 0. The van der Waals surface area contributed by atoms with E-state index in [1.807, 2.05) is 17.8 Å². The van der Waals surface area contributed by atoms with Crippen LogP contribution in [0.25, 0.3) is 0 Å². The second-order valence-corrected chi connectivity index (χ2v) is 4.73. The Bertz CT molecular complexity index is 233. The van der Waals surface area contributed by atoms with Crippen LogP contribution in [0.1, 0.15) is 19.4 Å². The Morgan fingerprint density at radius 3 is 2.38 bits per heavy atom. The Kier molecular flexibility index (Phi) is 4.33. The third kappa shape index (κ3) is 3.83. The van der Waals surface area contributed by atoms with Crippen molar-refractivity contribution in [3.8, 4) is 0 Å². The molecule has 1 nitrogen and oxygen atoms in total. The predicted octanol–water partition coefficient (Wildman–Crippen LogP) is 2.66. The van der Waals surface area contributed by atoms with Crippen LogP contribution in [0.5, 0.6) is 0 Å². The van der Waals surface area contributed by atoms with Crippen molar-refractivity contribution in [3.63, 3.8) is 0 Å². The van der Waals surface area contributed by atoms with Crippen LogP contribution < -0.4 is 5.73 Å². The minimum atomic E-state index is 0.272. The van der Waals surface area contributed by atoms with Crippen molar-refractivity contribution in [1.82, 2.24) is 0 Å². The van der Waals surface area contributed by atoms with Crippen LogP contribution in [0.4, 0.5) is 0 Å². The SMILES string of the molecule is CC(N)C(C)SCc1ccccc1. The number of hydrogen-bond donors (Lipinski definition) is 1. The van der Waals surface area contributed by atoms with Gasteiger partial charge in [-0.15, -0.1) is 0 Å². The van der Waals surface area contributed by atoms with Crippen LogP contribution in [0, 0.1) is 0 Å². The molecule has 0 saturated carbocycles. The van der Waals surface area contributed by atoms with Crippen molar-refractivity contribution in [2.75, 3.05) is 0 Å². The van der Waals surface area contributed by atoms with Crippen molar-refractivity contribution in [1.29, 1.82) is 0 Å². The van der Waals surface area contributed by atoms with Crippen LogP contribution >= 0.6 is 11.8 Å². The molecule has 13 heavy (non-hydrogen) atoms. The molecule has 2 atom stereocenters. The number of rotatable bonds is 4. The standard InChI is InChI=1S/C11H17NS/c1-9(12)10(2)13-8-11-6-4-3-5-7-11/h3-7,9-10H,8,12H2,1-2H3. The Morgan fingerprint density at radius 1 is 1.23 bits per heavy atom. The maximum absolute atomic E-state index is 5.78. The molecule has 1 aromatic carbocycles. The highest BCUT2D eigenvalue weighted by Crippen LogP contribution is 2.18. The molecule has 0 aliphatic heterocycles. The second-order valence-electron chi connectivity index (χ2n) is 3.36. The molecule has 0 spiro atoms. The summed E-state index contributed by atoms with van der Waals surface area (Å²) in [6.45, 7) is 4.24.